The molecule has 4 nitrogen and oxygen atoms in total. The predicted molar refractivity (Wildman–Crippen MR) is 110 cm³/mol. The number of nitrogens with zero attached hydrogens (tertiary/aromatic N) is 4. The second-order valence-electron chi connectivity index (χ2n) is 6.78. The Morgan fingerprint density at radius 3 is 2.07 bits per heavy atom. The molecule has 0 amide bonds. The molecule has 0 aliphatic carbocycles. The Morgan fingerprint density at radius 2 is 1.48 bits per heavy atom. The lowest BCUT2D eigenvalue weighted by Gasteiger charge is -2.25. The molecule has 1 aromatic heterocycles. The molecule has 0 spiro atoms. The van der Waals surface area contributed by atoms with Crippen LogP contribution in [0, 0.1) is 0 Å². The third-order valence-corrected chi connectivity index (χ3v) is 4.68. The van der Waals surface area contributed by atoms with Crippen molar-refractivity contribution in [1.29, 1.82) is 0 Å². The zero-order chi connectivity index (χ0) is 21.0. The van der Waals surface area contributed by atoms with Gasteiger partial charge in [0.25, 0.3) is 0 Å². The summed E-state index contributed by atoms with van der Waals surface area (Å²) >= 11 is 0. The van der Waals surface area contributed by atoms with E-state index in [4.69, 9.17) is 0 Å². The third-order valence-electron chi connectivity index (χ3n) is 4.68. The Morgan fingerprint density at radius 1 is 0.862 bits per heavy atom. The van der Waals surface area contributed by atoms with Crippen LogP contribution in [0.2, 0.25) is 0 Å². The lowest BCUT2D eigenvalue weighted by atomic mass is 10.1. The minimum Gasteiger partial charge on any atom is -0.329 e. The van der Waals surface area contributed by atoms with Crippen LogP contribution in [0.15, 0.2) is 60.8 Å². The van der Waals surface area contributed by atoms with Gasteiger partial charge in [-0.05, 0) is 36.2 Å². The summed E-state index contributed by atoms with van der Waals surface area (Å²) in [6.07, 6.45) is -1.78. The molecule has 29 heavy (non-hydrogen) atoms. The maximum absolute atomic E-state index is 13.6. The highest BCUT2D eigenvalue weighted by Gasteiger charge is 2.37. The van der Waals surface area contributed by atoms with Crippen molar-refractivity contribution in [3.05, 3.63) is 71.9 Å². The van der Waals surface area contributed by atoms with Gasteiger partial charge in [0.1, 0.15) is 5.56 Å². The maximum atomic E-state index is 13.6. The van der Waals surface area contributed by atoms with E-state index in [0.717, 1.165) is 30.3 Å². The second kappa shape index (κ2) is 8.51. The number of alkyl halides is 3. The van der Waals surface area contributed by atoms with Gasteiger partial charge in [0.15, 0.2) is 5.82 Å². The average Bonchev–Trinajstić information content (AvgIpc) is 2.73. The van der Waals surface area contributed by atoms with Crippen LogP contribution >= 0.6 is 0 Å². The largest absolute Gasteiger partial charge is 0.421 e. The molecule has 0 unspecified atom stereocenters. The molecule has 1 heterocycles. The topological polar surface area (TPSA) is 32.3 Å². The molecule has 3 rings (SSSR count). The van der Waals surface area contributed by atoms with Crippen molar-refractivity contribution in [3.63, 3.8) is 0 Å². The highest BCUT2D eigenvalue weighted by Crippen LogP contribution is 2.38. The number of hydrogen-bond donors (Lipinski definition) is 0. The Labute approximate surface area is 168 Å². The number of aromatic nitrogens is 2. The van der Waals surface area contributed by atoms with Gasteiger partial charge in [-0.25, -0.2) is 4.98 Å². The van der Waals surface area contributed by atoms with Crippen molar-refractivity contribution >= 4 is 23.1 Å². The first-order valence-corrected chi connectivity index (χ1v) is 9.37. The summed E-state index contributed by atoms with van der Waals surface area (Å²) < 4.78 is 40.9. The molecule has 0 atom stereocenters. The van der Waals surface area contributed by atoms with Crippen LogP contribution in [0.4, 0.5) is 36.3 Å². The number of halogens is 3. The molecule has 3 aromatic rings. The van der Waals surface area contributed by atoms with Crippen molar-refractivity contribution in [3.8, 4) is 0 Å². The molecule has 0 aliphatic rings. The molecule has 0 saturated heterocycles. The summed E-state index contributed by atoms with van der Waals surface area (Å²) in [4.78, 5) is 11.3. The molecule has 0 N–H and O–H groups in total. The van der Waals surface area contributed by atoms with Gasteiger partial charge in [-0.1, -0.05) is 43.7 Å². The van der Waals surface area contributed by atoms with Crippen LogP contribution in [0.5, 0.6) is 0 Å². The van der Waals surface area contributed by atoms with E-state index in [1.54, 1.807) is 19.0 Å². The van der Waals surface area contributed by atoms with E-state index in [2.05, 4.69) is 16.9 Å². The lowest BCUT2D eigenvalue weighted by Crippen LogP contribution is -2.21. The van der Waals surface area contributed by atoms with E-state index in [-0.39, 0.29) is 11.8 Å². The fraction of sp³-hybridized carbons (Fsp3) is 0.273. The number of para-hydroxylation sites is 1. The molecular formula is C22H23F3N4. The molecular weight excluding hydrogens is 377 g/mol. The Balaban J connectivity index is 2.02. The third kappa shape index (κ3) is 4.67. The molecule has 2 aromatic carbocycles. The normalized spacial score (nSPS) is 11.4. The number of benzene rings is 2. The Kier molecular flexibility index (Phi) is 6.06. The number of rotatable bonds is 6. The van der Waals surface area contributed by atoms with Crippen molar-refractivity contribution in [2.24, 2.45) is 0 Å². The van der Waals surface area contributed by atoms with Crippen LogP contribution in [-0.2, 0) is 12.6 Å². The van der Waals surface area contributed by atoms with Gasteiger partial charge in [0.05, 0.1) is 0 Å². The van der Waals surface area contributed by atoms with E-state index in [9.17, 15) is 13.2 Å². The van der Waals surface area contributed by atoms with Gasteiger partial charge in [0, 0.05) is 31.7 Å². The van der Waals surface area contributed by atoms with Crippen LogP contribution < -0.4 is 9.80 Å². The van der Waals surface area contributed by atoms with Crippen molar-refractivity contribution in [2.75, 3.05) is 23.9 Å². The molecule has 152 valence electrons. The van der Waals surface area contributed by atoms with E-state index in [1.807, 2.05) is 54.6 Å². The lowest BCUT2D eigenvalue weighted by molar-refractivity contribution is -0.137. The monoisotopic (exact) mass is 400 g/mol. The highest BCUT2D eigenvalue weighted by atomic mass is 19.4. The van der Waals surface area contributed by atoms with Crippen molar-refractivity contribution in [2.45, 2.75) is 25.9 Å². The molecule has 0 aliphatic heterocycles. The smallest absolute Gasteiger partial charge is 0.329 e. The van der Waals surface area contributed by atoms with Gasteiger partial charge in [-0.3, -0.25) is 0 Å². The molecule has 0 radical (unpaired) electrons. The SMILES string of the molecule is CCCc1ccc(N(C)c2nc(N(C)c3ccccc3)ncc2C(F)(F)F)cc1. The first kappa shape index (κ1) is 20.6. The van der Waals surface area contributed by atoms with Crippen molar-refractivity contribution in [1.82, 2.24) is 9.97 Å². The molecule has 7 heteroatoms. The molecule has 0 saturated carbocycles. The minimum atomic E-state index is -4.56. The fourth-order valence-electron chi connectivity index (χ4n) is 3.05. The van der Waals surface area contributed by atoms with Gasteiger partial charge < -0.3 is 9.80 Å². The van der Waals surface area contributed by atoms with Crippen molar-refractivity contribution < 1.29 is 13.2 Å². The fourth-order valence-corrected chi connectivity index (χ4v) is 3.05. The van der Waals surface area contributed by atoms with Gasteiger partial charge in [0.2, 0.25) is 5.95 Å². The minimum absolute atomic E-state index is 0.187. The zero-order valence-electron chi connectivity index (χ0n) is 16.6. The number of anilines is 4. The standard InChI is InChI=1S/C22H23F3N4/c1-4-8-16-11-13-18(14-12-16)28(2)20-19(22(23,24)25)15-26-21(27-20)29(3)17-9-6-5-7-10-17/h5-7,9-15H,4,8H2,1-3H3. The van der Waals surface area contributed by atoms with Gasteiger partial charge >= 0.3 is 6.18 Å². The summed E-state index contributed by atoms with van der Waals surface area (Å²) in [5.74, 6) is 0.00201. The van der Waals surface area contributed by atoms with Crippen LogP contribution in [0.3, 0.4) is 0 Å². The van der Waals surface area contributed by atoms with Crippen LogP contribution in [-0.4, -0.2) is 24.1 Å². The highest BCUT2D eigenvalue weighted by molar-refractivity contribution is 5.65. The summed E-state index contributed by atoms with van der Waals surface area (Å²) in [7, 11) is 3.31. The van der Waals surface area contributed by atoms with Crippen LogP contribution in [0.1, 0.15) is 24.5 Å². The van der Waals surface area contributed by atoms with E-state index in [0.29, 0.717) is 5.69 Å². The second-order valence-corrected chi connectivity index (χ2v) is 6.78. The van der Waals surface area contributed by atoms with Gasteiger partial charge in [-0.2, -0.15) is 18.2 Å². The summed E-state index contributed by atoms with van der Waals surface area (Å²) in [6.45, 7) is 2.08. The first-order chi connectivity index (χ1) is 13.8. The van der Waals surface area contributed by atoms with Crippen LogP contribution in [0.25, 0.3) is 0 Å². The summed E-state index contributed by atoms with van der Waals surface area (Å²) in [5.41, 5.74) is 1.68. The molecule has 0 bridgehead atoms. The van der Waals surface area contributed by atoms with E-state index < -0.39 is 11.7 Å². The Hall–Kier alpha value is -3.09. The number of hydrogen-bond acceptors (Lipinski definition) is 4. The first-order valence-electron chi connectivity index (χ1n) is 9.37. The van der Waals surface area contributed by atoms with Gasteiger partial charge in [-0.15, -0.1) is 0 Å². The summed E-state index contributed by atoms with van der Waals surface area (Å²) in [5, 5.41) is 0. The summed E-state index contributed by atoms with van der Waals surface area (Å²) in [6, 6.07) is 16.7. The maximum Gasteiger partial charge on any atom is 0.421 e. The predicted octanol–water partition coefficient (Wildman–Crippen LogP) is 5.98. The number of aryl methyl sites for hydroxylation is 1. The van der Waals surface area contributed by atoms with E-state index >= 15 is 0 Å². The average molecular weight is 400 g/mol. The molecule has 0 fully saturated rings. The zero-order valence-corrected chi connectivity index (χ0v) is 16.6. The van der Waals surface area contributed by atoms with E-state index in [1.165, 1.54) is 4.90 Å². The quantitative estimate of drug-likeness (QED) is 0.509. The Bertz CT molecular complexity index is 941.